The van der Waals surface area contributed by atoms with Crippen molar-refractivity contribution in [3.63, 3.8) is 0 Å². The number of halogens is 1. The Hall–Kier alpha value is -4.63. The minimum absolute atomic E-state index is 0.324. The van der Waals surface area contributed by atoms with Gasteiger partial charge in [0, 0.05) is 22.1 Å². The molecule has 0 aliphatic rings. The molecule has 180 valence electrons. The molecule has 0 saturated heterocycles. The molecule has 10 heteroatoms. The van der Waals surface area contributed by atoms with Crippen LogP contribution in [0.4, 0.5) is 5.82 Å². The van der Waals surface area contributed by atoms with Crippen LogP contribution in [0.1, 0.15) is 38.1 Å². The zero-order valence-electron chi connectivity index (χ0n) is 19.0. The number of aromatic amines is 2. The molecule has 7 N–H and O–H groups in total. The minimum atomic E-state index is -0.558. The normalized spacial score (nSPS) is 11.9. The van der Waals surface area contributed by atoms with Crippen LogP contribution in [0.15, 0.2) is 72.8 Å². The van der Waals surface area contributed by atoms with Gasteiger partial charge < -0.3 is 21.8 Å². The van der Waals surface area contributed by atoms with Gasteiger partial charge in [-0.15, -0.1) is 0 Å². The van der Waals surface area contributed by atoms with Crippen molar-refractivity contribution in [2.75, 3.05) is 5.73 Å². The van der Waals surface area contributed by atoms with E-state index in [-0.39, 0.29) is 5.91 Å². The molecule has 0 unspecified atom stereocenters. The second kappa shape index (κ2) is 9.55. The number of nitrogens with one attached hydrogen (secondary N) is 3. The zero-order valence-corrected chi connectivity index (χ0v) is 19.7. The van der Waals surface area contributed by atoms with Crippen molar-refractivity contribution < 1.29 is 9.59 Å². The number of H-pyrrole nitrogens is 2. The number of nitrogens with two attached hydrogens (primary N) is 2. The molecule has 5 rings (SSSR count). The Morgan fingerprint density at radius 3 is 2.44 bits per heavy atom. The SMILES string of the molecule is NC(=O)c1ccc(C(=O)N[C@@H](Cc2ccccc2)c2nc(-c3ccc4c(N)n[nH]c4c3)c(Cl)[nH]2)cc1. The molecule has 0 radical (unpaired) electrons. The standard InChI is InChI=1S/C26H22ClN7O2/c27-22-21(17-10-11-18-19(13-17)33-34-23(18)28)31-25(32-22)20(12-14-4-2-1-3-5-14)30-26(36)16-8-6-15(7-9-16)24(29)35/h1-11,13,20H,12H2,(H2,29,35)(H,30,36)(H,31,32)(H3,28,33,34)/t20-/m0/s1. The van der Waals surface area contributed by atoms with Gasteiger partial charge in [0.15, 0.2) is 5.82 Å². The number of imidazole rings is 1. The average molecular weight is 500 g/mol. The van der Waals surface area contributed by atoms with Crippen molar-refractivity contribution >= 4 is 40.1 Å². The van der Waals surface area contributed by atoms with Gasteiger partial charge in [-0.2, -0.15) is 5.10 Å². The molecule has 2 amide bonds. The number of rotatable bonds is 7. The number of anilines is 1. The Balaban J connectivity index is 1.47. The number of carbonyl (C=O) groups is 2. The predicted octanol–water partition coefficient (Wildman–Crippen LogP) is 4.00. The first kappa shape index (κ1) is 23.1. The minimum Gasteiger partial charge on any atom is -0.382 e. The van der Waals surface area contributed by atoms with Crippen molar-refractivity contribution in [2.24, 2.45) is 5.73 Å². The van der Waals surface area contributed by atoms with Crippen LogP contribution in [0.2, 0.25) is 5.15 Å². The van der Waals surface area contributed by atoms with Crippen molar-refractivity contribution in [2.45, 2.75) is 12.5 Å². The van der Waals surface area contributed by atoms with Crippen LogP contribution in [-0.4, -0.2) is 32.0 Å². The van der Waals surface area contributed by atoms with E-state index >= 15 is 0 Å². The molecule has 1 atom stereocenters. The van der Waals surface area contributed by atoms with E-state index in [1.165, 1.54) is 12.1 Å². The van der Waals surface area contributed by atoms with Gasteiger partial charge in [-0.1, -0.05) is 48.0 Å². The summed E-state index contributed by atoms with van der Waals surface area (Å²) in [4.78, 5) is 32.3. The third-order valence-corrected chi connectivity index (χ3v) is 6.17. The molecule has 0 aliphatic carbocycles. The maximum Gasteiger partial charge on any atom is 0.251 e. The Labute approximate surface area is 210 Å². The molecule has 0 fully saturated rings. The molecule has 5 aromatic rings. The van der Waals surface area contributed by atoms with E-state index in [1.807, 2.05) is 48.5 Å². The molecule has 36 heavy (non-hydrogen) atoms. The van der Waals surface area contributed by atoms with Gasteiger partial charge in [0.05, 0.1) is 11.6 Å². The number of amides is 2. The summed E-state index contributed by atoms with van der Waals surface area (Å²) >= 11 is 6.56. The highest BCUT2D eigenvalue weighted by atomic mass is 35.5. The molecule has 0 saturated carbocycles. The lowest BCUT2D eigenvalue weighted by atomic mass is 10.0. The zero-order chi connectivity index (χ0) is 25.2. The van der Waals surface area contributed by atoms with Gasteiger partial charge in [0.2, 0.25) is 5.91 Å². The highest BCUT2D eigenvalue weighted by Crippen LogP contribution is 2.31. The maximum absolute atomic E-state index is 13.1. The fourth-order valence-electron chi connectivity index (χ4n) is 4.01. The number of primary amides is 1. The molecule has 3 aromatic carbocycles. The number of nitrogens with zero attached hydrogens (tertiary/aromatic N) is 2. The Kier molecular flexibility index (Phi) is 6.14. The van der Waals surface area contributed by atoms with E-state index in [0.29, 0.717) is 40.0 Å². The van der Waals surface area contributed by atoms with Gasteiger partial charge in [-0.3, -0.25) is 14.7 Å². The third-order valence-electron chi connectivity index (χ3n) is 5.89. The van der Waals surface area contributed by atoms with Crippen molar-refractivity contribution in [3.05, 3.63) is 100 Å². The first-order valence-corrected chi connectivity index (χ1v) is 11.5. The number of nitrogen functional groups attached to an aromatic ring is 1. The number of hydrogen-bond donors (Lipinski definition) is 5. The largest absolute Gasteiger partial charge is 0.382 e. The average Bonchev–Trinajstić information content (AvgIpc) is 3.46. The van der Waals surface area contributed by atoms with Crippen LogP contribution in [0, 0.1) is 0 Å². The number of benzene rings is 3. The quantitative estimate of drug-likeness (QED) is 0.229. The van der Waals surface area contributed by atoms with E-state index in [1.54, 1.807) is 12.1 Å². The first-order valence-electron chi connectivity index (χ1n) is 11.1. The van der Waals surface area contributed by atoms with E-state index in [4.69, 9.17) is 28.1 Å². The van der Waals surface area contributed by atoms with Crippen LogP contribution in [0.3, 0.4) is 0 Å². The smallest absolute Gasteiger partial charge is 0.251 e. The summed E-state index contributed by atoms with van der Waals surface area (Å²) in [5.74, 6) is 0.0399. The summed E-state index contributed by atoms with van der Waals surface area (Å²) in [5.41, 5.74) is 15.0. The summed E-state index contributed by atoms with van der Waals surface area (Å²) in [6.45, 7) is 0. The van der Waals surface area contributed by atoms with Crippen LogP contribution < -0.4 is 16.8 Å². The van der Waals surface area contributed by atoms with E-state index < -0.39 is 11.9 Å². The van der Waals surface area contributed by atoms with E-state index in [0.717, 1.165) is 22.0 Å². The van der Waals surface area contributed by atoms with Gasteiger partial charge >= 0.3 is 0 Å². The summed E-state index contributed by atoms with van der Waals surface area (Å²) in [7, 11) is 0. The second-order valence-electron chi connectivity index (χ2n) is 8.31. The molecule has 0 bridgehead atoms. The molecular weight excluding hydrogens is 478 g/mol. The number of carbonyl (C=O) groups excluding carboxylic acids is 2. The predicted molar refractivity (Wildman–Crippen MR) is 138 cm³/mol. The van der Waals surface area contributed by atoms with E-state index in [9.17, 15) is 9.59 Å². The van der Waals surface area contributed by atoms with Gasteiger partial charge in [0.1, 0.15) is 16.7 Å². The highest BCUT2D eigenvalue weighted by Gasteiger charge is 2.22. The van der Waals surface area contributed by atoms with Crippen LogP contribution >= 0.6 is 11.6 Å². The van der Waals surface area contributed by atoms with Crippen LogP contribution in [-0.2, 0) is 6.42 Å². The Morgan fingerprint density at radius 1 is 1.00 bits per heavy atom. The maximum atomic E-state index is 13.1. The lowest BCUT2D eigenvalue weighted by molar-refractivity contribution is 0.0932. The first-order chi connectivity index (χ1) is 17.4. The molecule has 2 heterocycles. The van der Waals surface area contributed by atoms with Crippen LogP contribution in [0.25, 0.3) is 22.2 Å². The summed E-state index contributed by atoms with van der Waals surface area (Å²) in [6, 6.07) is 21.0. The second-order valence-corrected chi connectivity index (χ2v) is 8.69. The molecule has 9 nitrogen and oxygen atoms in total. The molecule has 2 aromatic heterocycles. The summed E-state index contributed by atoms with van der Waals surface area (Å²) in [5, 5.41) is 11.1. The molecular formula is C26H22ClN7O2. The highest BCUT2D eigenvalue weighted by molar-refractivity contribution is 6.32. The lowest BCUT2D eigenvalue weighted by Gasteiger charge is -2.17. The Morgan fingerprint density at radius 2 is 1.72 bits per heavy atom. The van der Waals surface area contributed by atoms with Crippen LogP contribution in [0.5, 0.6) is 0 Å². The Bertz CT molecular complexity index is 1560. The summed E-state index contributed by atoms with van der Waals surface area (Å²) < 4.78 is 0. The third kappa shape index (κ3) is 4.64. The number of aromatic nitrogens is 4. The van der Waals surface area contributed by atoms with Gasteiger partial charge in [0.25, 0.3) is 5.91 Å². The monoisotopic (exact) mass is 499 g/mol. The lowest BCUT2D eigenvalue weighted by Crippen LogP contribution is -2.30. The number of fused-ring (bicyclic) bond motifs is 1. The van der Waals surface area contributed by atoms with Crippen molar-refractivity contribution in [1.29, 1.82) is 0 Å². The van der Waals surface area contributed by atoms with Gasteiger partial charge in [-0.05, 0) is 48.4 Å². The molecule has 0 aliphatic heterocycles. The number of hydrogen-bond acceptors (Lipinski definition) is 5. The van der Waals surface area contributed by atoms with E-state index in [2.05, 4.69) is 20.5 Å². The fourth-order valence-corrected chi connectivity index (χ4v) is 4.26. The van der Waals surface area contributed by atoms with Crippen molar-refractivity contribution in [1.82, 2.24) is 25.5 Å². The van der Waals surface area contributed by atoms with Gasteiger partial charge in [-0.25, -0.2) is 4.98 Å². The fraction of sp³-hybridized carbons (Fsp3) is 0.0769. The van der Waals surface area contributed by atoms with Crippen molar-refractivity contribution in [3.8, 4) is 11.3 Å². The topological polar surface area (TPSA) is 156 Å². The summed E-state index contributed by atoms with van der Waals surface area (Å²) in [6.07, 6.45) is 0.478. The molecule has 0 spiro atoms.